The average molecular weight is 448 g/mol. The first-order valence-electron chi connectivity index (χ1n) is 10.9. The van der Waals surface area contributed by atoms with Crippen LogP contribution in [0.25, 0.3) is 0 Å². The van der Waals surface area contributed by atoms with Crippen LogP contribution in [0.3, 0.4) is 0 Å². The molecule has 0 aromatic carbocycles. The van der Waals surface area contributed by atoms with E-state index < -0.39 is 22.7 Å². The third-order valence-corrected chi connectivity index (χ3v) is 7.02. The molecule has 172 valence electrons. The Balaban J connectivity index is 1.63. The van der Waals surface area contributed by atoms with Gasteiger partial charge >= 0.3 is 6.18 Å². The molecule has 0 bridgehead atoms. The number of hydrogen-bond donors (Lipinski definition) is 0. The number of aryl methyl sites for hydroxylation is 2. The summed E-state index contributed by atoms with van der Waals surface area (Å²) in [5, 5.41) is 0. The van der Waals surface area contributed by atoms with Crippen molar-refractivity contribution < 1.29 is 18.0 Å². The van der Waals surface area contributed by atoms with Crippen LogP contribution in [-0.4, -0.2) is 26.5 Å². The molecule has 0 N–H and O–H groups in total. The van der Waals surface area contributed by atoms with E-state index in [1.54, 1.807) is 4.90 Å². The third-order valence-electron chi connectivity index (χ3n) is 7.02. The first-order chi connectivity index (χ1) is 14.9. The van der Waals surface area contributed by atoms with Gasteiger partial charge in [-0.2, -0.15) is 13.2 Å². The van der Waals surface area contributed by atoms with E-state index in [-0.39, 0.29) is 36.7 Å². The summed E-state index contributed by atoms with van der Waals surface area (Å²) in [6.45, 7) is 8.56. The molecule has 8 heteroatoms. The van der Waals surface area contributed by atoms with Crippen LogP contribution in [-0.2, 0) is 24.1 Å². The normalized spacial score (nSPS) is 23.1. The summed E-state index contributed by atoms with van der Waals surface area (Å²) in [6.07, 6.45) is 0.0548. The van der Waals surface area contributed by atoms with Crippen LogP contribution in [0.15, 0.2) is 41.2 Å². The monoisotopic (exact) mass is 447 g/mol. The highest BCUT2D eigenvalue weighted by Gasteiger charge is 2.47. The summed E-state index contributed by atoms with van der Waals surface area (Å²) in [4.78, 5) is 27.6. The van der Waals surface area contributed by atoms with E-state index in [1.807, 2.05) is 33.8 Å². The first-order valence-corrected chi connectivity index (χ1v) is 10.9. The number of nitrogens with zero attached hydrogens (tertiary/aromatic N) is 3. The zero-order valence-electron chi connectivity index (χ0n) is 18.7. The number of aromatic nitrogens is 2. The Morgan fingerprint density at radius 3 is 2.38 bits per heavy atom. The van der Waals surface area contributed by atoms with E-state index >= 15 is 0 Å². The average Bonchev–Trinajstić information content (AvgIpc) is 3.30. The van der Waals surface area contributed by atoms with Crippen molar-refractivity contribution in [3.63, 3.8) is 0 Å². The van der Waals surface area contributed by atoms with Crippen LogP contribution in [0.1, 0.15) is 49.0 Å². The van der Waals surface area contributed by atoms with Crippen molar-refractivity contribution in [2.45, 2.75) is 59.4 Å². The molecule has 0 saturated heterocycles. The molecule has 1 aliphatic heterocycles. The number of fused-ring (bicyclic) bond motifs is 1. The van der Waals surface area contributed by atoms with Gasteiger partial charge in [-0.3, -0.25) is 9.59 Å². The number of rotatable bonds is 3. The molecule has 0 fully saturated rings. The number of allylic oxidation sites excluding steroid dienone is 1. The second kappa shape index (κ2) is 7.67. The van der Waals surface area contributed by atoms with E-state index in [9.17, 15) is 22.8 Å². The van der Waals surface area contributed by atoms with Crippen LogP contribution >= 0.6 is 0 Å². The molecule has 2 aromatic rings. The fourth-order valence-electron chi connectivity index (χ4n) is 5.14. The van der Waals surface area contributed by atoms with Crippen molar-refractivity contribution in [2.75, 3.05) is 6.54 Å². The Labute approximate surface area is 185 Å². The molecule has 32 heavy (non-hydrogen) atoms. The zero-order valence-corrected chi connectivity index (χ0v) is 18.7. The summed E-state index contributed by atoms with van der Waals surface area (Å²) in [5.74, 6) is -0.0807. The van der Waals surface area contributed by atoms with Crippen molar-refractivity contribution in [3.8, 4) is 0 Å². The predicted octanol–water partition coefficient (Wildman–Crippen LogP) is 4.47. The summed E-state index contributed by atoms with van der Waals surface area (Å²) < 4.78 is 43.2. The van der Waals surface area contributed by atoms with Gasteiger partial charge in [0.15, 0.2) is 0 Å². The molecule has 4 rings (SSSR count). The molecule has 0 unspecified atom stereocenters. The highest BCUT2D eigenvalue weighted by atomic mass is 19.4. The van der Waals surface area contributed by atoms with E-state index in [0.717, 1.165) is 17.5 Å². The minimum atomic E-state index is -4.60. The molecule has 2 atom stereocenters. The number of carbonyl (C=O) groups excluding carboxylic acids is 1. The van der Waals surface area contributed by atoms with Gasteiger partial charge in [-0.25, -0.2) is 0 Å². The van der Waals surface area contributed by atoms with Gasteiger partial charge in [-0.15, -0.1) is 0 Å². The van der Waals surface area contributed by atoms with Gasteiger partial charge in [0, 0.05) is 36.2 Å². The van der Waals surface area contributed by atoms with Crippen LogP contribution in [0.4, 0.5) is 13.2 Å². The minimum absolute atomic E-state index is 0.00740. The summed E-state index contributed by atoms with van der Waals surface area (Å²) in [7, 11) is 0. The Hall–Kier alpha value is -2.77. The fourth-order valence-corrected chi connectivity index (χ4v) is 5.14. The number of halogens is 3. The number of alkyl halides is 3. The highest BCUT2D eigenvalue weighted by molar-refractivity contribution is 5.86. The fraction of sp³-hybridized carbons (Fsp3) is 0.500. The van der Waals surface area contributed by atoms with Crippen molar-refractivity contribution >= 4 is 5.91 Å². The Bertz CT molecular complexity index is 1120. The molecule has 5 nitrogen and oxygen atoms in total. The van der Waals surface area contributed by atoms with E-state index in [0.29, 0.717) is 19.0 Å². The quantitative estimate of drug-likeness (QED) is 0.652. The number of amides is 1. The van der Waals surface area contributed by atoms with Crippen molar-refractivity contribution in [2.24, 2.45) is 11.3 Å². The molecule has 0 radical (unpaired) electrons. The van der Waals surface area contributed by atoms with Gasteiger partial charge in [0.1, 0.15) is 0 Å². The SMILES string of the molecule is Cc1ccc(C)n1[C@@H]1C=C[C@@](C(=O)N2CCn3c(cc(C(F)(F)F)cc3=O)C2)(C(C)C)C1. The number of pyridine rings is 1. The first kappa shape index (κ1) is 22.4. The number of carbonyl (C=O) groups is 1. The lowest BCUT2D eigenvalue weighted by atomic mass is 9.74. The molecule has 0 spiro atoms. The van der Waals surface area contributed by atoms with Crippen molar-refractivity contribution in [1.82, 2.24) is 14.0 Å². The molecular weight excluding hydrogens is 419 g/mol. The van der Waals surface area contributed by atoms with Crippen LogP contribution in [0.2, 0.25) is 0 Å². The predicted molar refractivity (Wildman–Crippen MR) is 115 cm³/mol. The van der Waals surface area contributed by atoms with Crippen LogP contribution < -0.4 is 5.56 Å². The van der Waals surface area contributed by atoms with E-state index in [1.165, 1.54) is 4.57 Å². The lowest BCUT2D eigenvalue weighted by Gasteiger charge is -2.39. The van der Waals surface area contributed by atoms with Gasteiger partial charge in [-0.05, 0) is 44.4 Å². The molecule has 0 saturated carbocycles. The van der Waals surface area contributed by atoms with Gasteiger partial charge in [0.25, 0.3) is 5.56 Å². The second-order valence-electron chi connectivity index (χ2n) is 9.26. The van der Waals surface area contributed by atoms with Gasteiger partial charge in [0.05, 0.1) is 23.6 Å². The molecular formula is C24H28F3N3O2. The van der Waals surface area contributed by atoms with Gasteiger partial charge < -0.3 is 14.0 Å². The Morgan fingerprint density at radius 2 is 1.78 bits per heavy atom. The molecule has 1 aliphatic carbocycles. The lowest BCUT2D eigenvalue weighted by Crippen LogP contribution is -2.49. The van der Waals surface area contributed by atoms with Crippen molar-refractivity contribution in [3.05, 3.63) is 69.4 Å². The molecule has 1 amide bonds. The van der Waals surface area contributed by atoms with Crippen molar-refractivity contribution in [1.29, 1.82) is 0 Å². The second-order valence-corrected chi connectivity index (χ2v) is 9.26. The smallest absolute Gasteiger partial charge is 0.342 e. The largest absolute Gasteiger partial charge is 0.416 e. The molecule has 2 aliphatic rings. The summed E-state index contributed by atoms with van der Waals surface area (Å²) in [6, 6.07) is 5.77. The molecule has 2 aromatic heterocycles. The third kappa shape index (κ3) is 3.59. The van der Waals surface area contributed by atoms with Gasteiger partial charge in [-0.1, -0.05) is 26.0 Å². The lowest BCUT2D eigenvalue weighted by molar-refractivity contribution is -0.143. The van der Waals surface area contributed by atoms with E-state index in [2.05, 4.69) is 22.8 Å². The van der Waals surface area contributed by atoms with E-state index in [4.69, 9.17) is 0 Å². The summed E-state index contributed by atoms with van der Waals surface area (Å²) >= 11 is 0. The van der Waals surface area contributed by atoms with Gasteiger partial charge in [0.2, 0.25) is 5.91 Å². The maximum atomic E-state index is 13.8. The Kier molecular flexibility index (Phi) is 5.38. The zero-order chi connectivity index (χ0) is 23.4. The maximum absolute atomic E-state index is 13.8. The molecule has 3 heterocycles. The maximum Gasteiger partial charge on any atom is 0.416 e. The van der Waals surface area contributed by atoms with Crippen LogP contribution in [0, 0.1) is 25.2 Å². The standard InChI is InChI=1S/C24H28F3N3O2/c1-15(2)23(8-7-19(13-23)30-16(3)5-6-17(30)4)22(32)28-9-10-29-20(14-28)11-18(12-21(29)31)24(25,26)27/h5-8,11-12,15,19H,9-10,13-14H2,1-4H3/t19-,23+/m1/s1. The minimum Gasteiger partial charge on any atom is -0.342 e. The highest BCUT2D eigenvalue weighted by Crippen LogP contribution is 2.46. The summed E-state index contributed by atoms with van der Waals surface area (Å²) in [5.41, 5.74) is 0.0721. The number of hydrogen-bond acceptors (Lipinski definition) is 2. The van der Waals surface area contributed by atoms with Crippen LogP contribution in [0.5, 0.6) is 0 Å². The topological polar surface area (TPSA) is 47.2 Å². The Morgan fingerprint density at radius 1 is 1.12 bits per heavy atom.